The highest BCUT2D eigenvalue weighted by Crippen LogP contribution is 2.22. The van der Waals surface area contributed by atoms with Gasteiger partial charge in [0.25, 0.3) is 0 Å². The summed E-state index contributed by atoms with van der Waals surface area (Å²) >= 11 is 1.16. The van der Waals surface area contributed by atoms with Gasteiger partial charge in [0.05, 0.1) is 5.75 Å². The number of esters is 1. The van der Waals surface area contributed by atoms with Gasteiger partial charge in [0.2, 0.25) is 5.78 Å². The van der Waals surface area contributed by atoms with Gasteiger partial charge < -0.3 is 9.30 Å². The van der Waals surface area contributed by atoms with E-state index in [-0.39, 0.29) is 24.0 Å². The van der Waals surface area contributed by atoms with Gasteiger partial charge in [0.15, 0.2) is 11.8 Å². The van der Waals surface area contributed by atoms with Crippen molar-refractivity contribution < 1.29 is 18.7 Å². The van der Waals surface area contributed by atoms with Gasteiger partial charge >= 0.3 is 5.97 Å². The average molecular weight is 428 g/mol. The number of rotatable bonds is 7. The number of thioether (sulfide) groups is 1. The fraction of sp³-hybridized carbons (Fsp3) is 0.273. The van der Waals surface area contributed by atoms with Gasteiger partial charge in [-0.2, -0.15) is 0 Å². The van der Waals surface area contributed by atoms with Crippen LogP contribution in [0.3, 0.4) is 0 Å². The molecule has 6 nitrogen and oxygen atoms in total. The maximum Gasteiger partial charge on any atom is 0.316 e. The number of ether oxygens (including phenoxy) is 1. The number of Topliss-reactive ketones (excluding diaryl/α,β-unsaturated/α-hetero) is 1. The van der Waals surface area contributed by atoms with Gasteiger partial charge in [-0.1, -0.05) is 17.8 Å². The van der Waals surface area contributed by atoms with E-state index in [0.29, 0.717) is 22.1 Å². The average Bonchev–Trinajstić information content (AvgIpc) is 2.98. The quantitative estimate of drug-likeness (QED) is 0.244. The fourth-order valence-electron chi connectivity index (χ4n) is 3.20. The van der Waals surface area contributed by atoms with E-state index >= 15 is 0 Å². The lowest BCUT2D eigenvalue weighted by molar-refractivity contribution is -0.139. The number of carbonyl (C=O) groups is 2. The van der Waals surface area contributed by atoms with E-state index in [2.05, 4.69) is 9.97 Å². The molecule has 0 N–H and O–H groups in total. The van der Waals surface area contributed by atoms with Gasteiger partial charge in [0.1, 0.15) is 5.82 Å². The molecule has 1 aromatic carbocycles. The topological polar surface area (TPSA) is 74.1 Å². The minimum Gasteiger partial charge on any atom is -0.457 e. The van der Waals surface area contributed by atoms with Gasteiger partial charge in [0, 0.05) is 34.0 Å². The molecular weight excluding hydrogens is 405 g/mol. The number of aryl methyl sites for hydroxylation is 3. The van der Waals surface area contributed by atoms with E-state index in [4.69, 9.17) is 4.74 Å². The first-order valence-corrected chi connectivity index (χ1v) is 10.3. The van der Waals surface area contributed by atoms with Crippen LogP contribution in [0.4, 0.5) is 4.39 Å². The summed E-state index contributed by atoms with van der Waals surface area (Å²) in [6.45, 7) is 6.97. The number of hydrogen-bond acceptors (Lipinski definition) is 6. The van der Waals surface area contributed by atoms with Crippen molar-refractivity contribution in [2.75, 3.05) is 12.4 Å². The molecule has 2 aromatic heterocycles. The molecule has 30 heavy (non-hydrogen) atoms. The van der Waals surface area contributed by atoms with Crippen molar-refractivity contribution in [3.8, 4) is 5.69 Å². The second-order valence-corrected chi connectivity index (χ2v) is 7.85. The Morgan fingerprint density at radius 3 is 2.43 bits per heavy atom. The maximum atomic E-state index is 13.6. The molecule has 0 aliphatic rings. The number of benzene rings is 1. The first-order valence-electron chi connectivity index (χ1n) is 9.33. The summed E-state index contributed by atoms with van der Waals surface area (Å²) in [7, 11) is 0. The first kappa shape index (κ1) is 21.7. The Morgan fingerprint density at radius 2 is 1.77 bits per heavy atom. The third-order valence-electron chi connectivity index (χ3n) is 4.44. The molecule has 2 heterocycles. The van der Waals surface area contributed by atoms with Crippen LogP contribution in [0.5, 0.6) is 0 Å². The van der Waals surface area contributed by atoms with Crippen LogP contribution < -0.4 is 0 Å². The highest BCUT2D eigenvalue weighted by Gasteiger charge is 2.18. The van der Waals surface area contributed by atoms with E-state index in [0.717, 1.165) is 28.8 Å². The number of carbonyl (C=O) groups excluding carboxylic acids is 2. The zero-order valence-electron chi connectivity index (χ0n) is 17.2. The molecule has 0 aliphatic carbocycles. The van der Waals surface area contributed by atoms with E-state index in [9.17, 15) is 14.0 Å². The highest BCUT2D eigenvalue weighted by atomic mass is 32.2. The van der Waals surface area contributed by atoms with E-state index in [1.807, 2.05) is 26.8 Å². The highest BCUT2D eigenvalue weighted by molar-refractivity contribution is 7.99. The predicted molar refractivity (Wildman–Crippen MR) is 113 cm³/mol. The van der Waals surface area contributed by atoms with Crippen LogP contribution >= 0.6 is 11.8 Å². The van der Waals surface area contributed by atoms with Crippen LogP contribution in [-0.2, 0) is 9.53 Å². The molecule has 3 aromatic rings. The summed E-state index contributed by atoms with van der Waals surface area (Å²) in [5.41, 5.74) is 4.16. The number of halogens is 1. The smallest absolute Gasteiger partial charge is 0.316 e. The maximum absolute atomic E-state index is 13.6. The molecule has 8 heteroatoms. The minimum absolute atomic E-state index is 0.0124. The van der Waals surface area contributed by atoms with Crippen molar-refractivity contribution in [1.29, 1.82) is 0 Å². The lowest BCUT2D eigenvalue weighted by Crippen LogP contribution is -2.16. The zero-order valence-corrected chi connectivity index (χ0v) is 18.0. The summed E-state index contributed by atoms with van der Waals surface area (Å²) in [5.74, 6) is -1.17. The molecule has 0 radical (unpaired) electrons. The molecule has 0 fully saturated rings. The van der Waals surface area contributed by atoms with Crippen molar-refractivity contribution in [1.82, 2.24) is 14.5 Å². The molecule has 0 unspecified atom stereocenters. The van der Waals surface area contributed by atoms with E-state index < -0.39 is 5.97 Å². The fourth-order valence-corrected chi connectivity index (χ4v) is 3.95. The summed E-state index contributed by atoms with van der Waals surface area (Å²) in [6.07, 6.45) is 0. The number of nitrogens with zero attached hydrogens (tertiary/aromatic N) is 3. The van der Waals surface area contributed by atoms with Gasteiger partial charge in [-0.05, 0) is 58.0 Å². The Labute approximate surface area is 178 Å². The predicted octanol–water partition coefficient (Wildman–Crippen LogP) is 4.16. The minimum atomic E-state index is -0.518. The standard InChI is InChI=1S/C22H22FN3O3S/c1-13-8-14(2)25-22(24-13)30-12-21(28)29-11-20(27)19-9-15(3)26(16(19)4)18-7-5-6-17(23)10-18/h5-10H,11-12H2,1-4H3. The van der Waals surface area contributed by atoms with Crippen LogP contribution in [0.25, 0.3) is 5.69 Å². The van der Waals surface area contributed by atoms with E-state index in [1.54, 1.807) is 29.7 Å². The molecule has 0 atom stereocenters. The first-order chi connectivity index (χ1) is 14.2. The summed E-state index contributed by atoms with van der Waals surface area (Å²) in [6, 6.07) is 9.72. The monoisotopic (exact) mass is 427 g/mol. The van der Waals surface area contributed by atoms with Crippen LogP contribution in [0.1, 0.15) is 33.1 Å². The van der Waals surface area contributed by atoms with Crippen LogP contribution in [-0.4, -0.2) is 38.6 Å². The SMILES string of the molecule is Cc1cc(C)nc(SCC(=O)OCC(=O)c2cc(C)n(-c3cccc(F)c3)c2C)n1. The molecule has 156 valence electrons. The van der Waals surface area contributed by atoms with E-state index in [1.165, 1.54) is 12.1 Å². The Morgan fingerprint density at radius 1 is 1.07 bits per heavy atom. The summed E-state index contributed by atoms with van der Waals surface area (Å²) in [4.78, 5) is 33.2. The molecule has 0 saturated carbocycles. The second kappa shape index (κ2) is 9.21. The van der Waals surface area contributed by atoms with Gasteiger partial charge in [-0.25, -0.2) is 14.4 Å². The van der Waals surface area contributed by atoms with Crippen LogP contribution in [0.2, 0.25) is 0 Å². The molecule has 0 saturated heterocycles. The lowest BCUT2D eigenvalue weighted by Gasteiger charge is -2.10. The number of aromatic nitrogens is 3. The van der Waals surface area contributed by atoms with Gasteiger partial charge in [-0.15, -0.1) is 0 Å². The Hall–Kier alpha value is -3.00. The summed E-state index contributed by atoms with van der Waals surface area (Å²) in [5, 5.41) is 0.495. The van der Waals surface area contributed by atoms with Crippen molar-refractivity contribution in [2.45, 2.75) is 32.9 Å². The Bertz CT molecular complexity index is 1090. The largest absolute Gasteiger partial charge is 0.457 e. The molecule has 3 rings (SSSR count). The third kappa shape index (κ3) is 5.13. The molecule has 0 amide bonds. The van der Waals surface area contributed by atoms with Crippen molar-refractivity contribution in [2.24, 2.45) is 0 Å². The number of ketones is 1. The van der Waals surface area contributed by atoms with Crippen molar-refractivity contribution in [3.63, 3.8) is 0 Å². The Balaban J connectivity index is 1.62. The molecular formula is C22H22FN3O3S. The molecule has 0 bridgehead atoms. The van der Waals surface area contributed by atoms with Crippen LogP contribution in [0.15, 0.2) is 41.6 Å². The third-order valence-corrected chi connectivity index (χ3v) is 5.26. The molecule has 0 spiro atoms. The number of hydrogen-bond donors (Lipinski definition) is 0. The van der Waals surface area contributed by atoms with Crippen LogP contribution in [0, 0.1) is 33.5 Å². The zero-order chi connectivity index (χ0) is 21.8. The Kier molecular flexibility index (Phi) is 6.66. The van der Waals surface area contributed by atoms with Crippen molar-refractivity contribution in [3.05, 3.63) is 70.6 Å². The second-order valence-electron chi connectivity index (χ2n) is 6.91. The molecule has 0 aliphatic heterocycles. The lowest BCUT2D eigenvalue weighted by atomic mass is 10.1. The summed E-state index contributed by atoms with van der Waals surface area (Å²) < 4.78 is 20.5. The van der Waals surface area contributed by atoms with Crippen molar-refractivity contribution >= 4 is 23.5 Å². The normalized spacial score (nSPS) is 10.8. The van der Waals surface area contributed by atoms with Gasteiger partial charge in [-0.3, -0.25) is 9.59 Å².